The molecule has 60 heavy (non-hydrogen) atoms. The number of hydrogen-bond acceptors (Lipinski definition) is 12. The molecule has 0 unspecified atom stereocenters. The van der Waals surface area contributed by atoms with Crippen LogP contribution in [0.5, 0.6) is 0 Å². The van der Waals surface area contributed by atoms with Crippen LogP contribution in [0.2, 0.25) is 0 Å². The van der Waals surface area contributed by atoms with Gasteiger partial charge in [-0.25, -0.2) is 0 Å². The zero-order valence-electron chi connectivity index (χ0n) is 35.5. The standard InChI is InChI=1S/3C14H19BrO2.3O2S/c3*1-4-17-13(16)14(2,3)10-9-11-5-7-12(15)8-6-11;3*1-3-2/h3*5-8H,4,9-10H2,1-3H3;;;. The number of rotatable bonds is 15. The van der Waals surface area contributed by atoms with Gasteiger partial charge in [0.25, 0.3) is 0 Å². The fraction of sp³-hybridized carbons (Fsp3) is 0.500. The van der Waals surface area contributed by atoms with Crippen LogP contribution in [0.1, 0.15) is 98.3 Å². The summed E-state index contributed by atoms with van der Waals surface area (Å²) in [5.74, 6) is -0.341. The summed E-state index contributed by atoms with van der Waals surface area (Å²) in [7, 11) is 0. The van der Waals surface area contributed by atoms with E-state index in [0.29, 0.717) is 19.8 Å². The number of carbonyl (C=O) groups excluding carboxylic acids is 3. The van der Waals surface area contributed by atoms with Gasteiger partial charge in [0.05, 0.1) is 36.1 Å². The van der Waals surface area contributed by atoms with E-state index in [1.807, 2.05) is 98.7 Å². The lowest BCUT2D eigenvalue weighted by Gasteiger charge is -2.22. The average molecular weight is 1090 g/mol. The first-order chi connectivity index (χ1) is 28.1. The van der Waals surface area contributed by atoms with Gasteiger partial charge >= 0.3 is 52.6 Å². The lowest BCUT2D eigenvalue weighted by molar-refractivity contribution is -0.154. The third-order valence-electron chi connectivity index (χ3n) is 8.34. The second kappa shape index (κ2) is 35.6. The molecule has 0 aromatic heterocycles. The lowest BCUT2D eigenvalue weighted by atomic mass is 9.86. The molecule has 0 aliphatic carbocycles. The molecule has 0 saturated heterocycles. The molecule has 0 atom stereocenters. The Morgan fingerprint density at radius 1 is 0.417 bits per heavy atom. The van der Waals surface area contributed by atoms with Gasteiger partial charge in [0, 0.05) is 13.4 Å². The van der Waals surface area contributed by atoms with E-state index in [9.17, 15) is 14.4 Å². The summed E-state index contributed by atoms with van der Waals surface area (Å²) < 4.78 is 68.2. The number of esters is 3. The first-order valence-electron chi connectivity index (χ1n) is 18.6. The molecule has 0 radical (unpaired) electrons. The maximum atomic E-state index is 11.7. The Bertz CT molecular complexity index is 1560. The summed E-state index contributed by atoms with van der Waals surface area (Å²) in [4.78, 5) is 35.1. The van der Waals surface area contributed by atoms with E-state index in [1.165, 1.54) is 16.7 Å². The molecule has 0 aliphatic heterocycles. The second-order valence-electron chi connectivity index (χ2n) is 14.4. The summed E-state index contributed by atoms with van der Waals surface area (Å²) >= 11 is 7.97. The van der Waals surface area contributed by atoms with Crippen molar-refractivity contribution in [2.75, 3.05) is 19.8 Å². The minimum atomic E-state index is -0.750. The molecular weight excluding hydrogens is 1030 g/mol. The molecule has 0 fully saturated rings. The lowest BCUT2D eigenvalue weighted by Crippen LogP contribution is -2.27. The number of aryl methyl sites for hydroxylation is 3. The number of halogens is 3. The Labute approximate surface area is 391 Å². The van der Waals surface area contributed by atoms with Crippen LogP contribution in [0.3, 0.4) is 0 Å². The summed E-state index contributed by atoms with van der Waals surface area (Å²) in [6, 6.07) is 24.6. The van der Waals surface area contributed by atoms with Gasteiger partial charge in [0.2, 0.25) is 0 Å². The van der Waals surface area contributed by atoms with Gasteiger partial charge in [0.15, 0.2) is 0 Å². The van der Waals surface area contributed by atoms with E-state index in [1.54, 1.807) is 0 Å². The average Bonchev–Trinajstić information content (AvgIpc) is 3.19. The maximum absolute atomic E-state index is 11.7. The van der Waals surface area contributed by atoms with Crippen molar-refractivity contribution in [3.8, 4) is 0 Å². The van der Waals surface area contributed by atoms with Crippen molar-refractivity contribution in [1.29, 1.82) is 0 Å². The molecule has 0 saturated carbocycles. The Hall–Kier alpha value is -3.03. The van der Waals surface area contributed by atoms with Crippen LogP contribution in [-0.4, -0.2) is 63.0 Å². The largest absolute Gasteiger partial charge is 0.466 e. The fourth-order valence-electron chi connectivity index (χ4n) is 4.61. The Balaban J connectivity index is -0.000000736. The Kier molecular flexibility index (Phi) is 36.3. The molecule has 0 spiro atoms. The molecule has 3 aromatic carbocycles. The maximum Gasteiger partial charge on any atom is 0.335 e. The highest BCUT2D eigenvalue weighted by molar-refractivity contribution is 9.11. The highest BCUT2D eigenvalue weighted by Crippen LogP contribution is 2.27. The summed E-state index contributed by atoms with van der Waals surface area (Å²) in [6.45, 7) is 18.4. The quantitative estimate of drug-likeness (QED) is 0.104. The zero-order valence-corrected chi connectivity index (χ0v) is 42.8. The van der Waals surface area contributed by atoms with E-state index >= 15 is 0 Å². The van der Waals surface area contributed by atoms with Gasteiger partial charge in [-0.1, -0.05) is 84.2 Å². The van der Waals surface area contributed by atoms with Crippen LogP contribution in [0, 0.1) is 16.2 Å². The minimum Gasteiger partial charge on any atom is -0.466 e. The molecule has 18 heteroatoms. The molecule has 3 rings (SSSR count). The smallest absolute Gasteiger partial charge is 0.335 e. The molecule has 0 aliphatic rings. The first kappa shape index (κ1) is 61.3. The van der Waals surface area contributed by atoms with Crippen molar-refractivity contribution in [1.82, 2.24) is 0 Å². The van der Waals surface area contributed by atoms with Gasteiger partial charge in [-0.2, -0.15) is 25.3 Å². The highest BCUT2D eigenvalue weighted by Gasteiger charge is 2.30. The topological polar surface area (TPSA) is 181 Å². The zero-order chi connectivity index (χ0) is 46.8. The molecule has 3 aromatic rings. The van der Waals surface area contributed by atoms with E-state index in [2.05, 4.69) is 84.2 Å². The molecule has 336 valence electrons. The van der Waals surface area contributed by atoms with Gasteiger partial charge in [-0.3, -0.25) is 14.4 Å². The molecule has 0 bridgehead atoms. The second-order valence-corrected chi connectivity index (χ2v) is 17.6. The SMILES string of the molecule is CCOC(=O)C(C)(C)CCc1ccc(Br)cc1.CCOC(=O)C(C)(C)CCc1ccc(Br)cc1.CCOC(=O)C(C)(C)CCc1ccc(Br)cc1.O=S=O.O=S=O.O=S=O. The predicted octanol–water partition coefficient (Wildman–Crippen LogP) is 9.90. The van der Waals surface area contributed by atoms with E-state index in [-0.39, 0.29) is 17.9 Å². The molecule has 0 amide bonds. The van der Waals surface area contributed by atoms with E-state index in [4.69, 9.17) is 39.5 Å². The molecule has 12 nitrogen and oxygen atoms in total. The third kappa shape index (κ3) is 30.9. The Morgan fingerprint density at radius 2 is 0.583 bits per heavy atom. The molecular formula is C42H57Br3O12S3. The highest BCUT2D eigenvalue weighted by atomic mass is 79.9. The van der Waals surface area contributed by atoms with Crippen LogP contribution in [0.15, 0.2) is 86.2 Å². The van der Waals surface area contributed by atoms with Crippen LogP contribution < -0.4 is 0 Å². The van der Waals surface area contributed by atoms with Crippen molar-refractivity contribution < 1.29 is 53.8 Å². The van der Waals surface area contributed by atoms with Crippen molar-refractivity contribution >= 4 is 100 Å². The summed E-state index contributed by atoms with van der Waals surface area (Å²) in [5.41, 5.74) is 2.48. The summed E-state index contributed by atoms with van der Waals surface area (Å²) in [5, 5.41) is 0. The van der Waals surface area contributed by atoms with Crippen molar-refractivity contribution in [3.05, 3.63) is 103 Å². The first-order valence-corrected chi connectivity index (χ1v) is 23.0. The van der Waals surface area contributed by atoms with Crippen LogP contribution in [0.25, 0.3) is 0 Å². The number of hydrogen-bond donors (Lipinski definition) is 0. The summed E-state index contributed by atoms with van der Waals surface area (Å²) in [6.07, 6.45) is 5.06. The van der Waals surface area contributed by atoms with Gasteiger partial charge in [-0.05, 0) is 154 Å². The number of ether oxygens (including phenoxy) is 3. The van der Waals surface area contributed by atoms with Crippen molar-refractivity contribution in [2.45, 2.75) is 101 Å². The minimum absolute atomic E-state index is 0.114. The van der Waals surface area contributed by atoms with E-state index < -0.39 is 51.0 Å². The van der Waals surface area contributed by atoms with E-state index in [0.717, 1.165) is 51.9 Å². The van der Waals surface area contributed by atoms with Crippen LogP contribution in [0.4, 0.5) is 0 Å². The van der Waals surface area contributed by atoms with Crippen LogP contribution in [-0.2, 0) is 82.6 Å². The number of carbonyl (C=O) groups is 3. The van der Waals surface area contributed by atoms with Gasteiger partial charge in [-0.15, -0.1) is 0 Å². The molecule has 0 N–H and O–H groups in total. The predicted molar refractivity (Wildman–Crippen MR) is 245 cm³/mol. The number of benzene rings is 3. The van der Waals surface area contributed by atoms with Crippen LogP contribution >= 0.6 is 47.8 Å². The monoisotopic (exact) mass is 1090 g/mol. The van der Waals surface area contributed by atoms with Crippen molar-refractivity contribution in [2.24, 2.45) is 16.2 Å². The normalized spacial score (nSPS) is 10.2. The third-order valence-corrected chi connectivity index (χ3v) is 9.93. The van der Waals surface area contributed by atoms with Gasteiger partial charge in [0.1, 0.15) is 0 Å². The fourth-order valence-corrected chi connectivity index (χ4v) is 5.40. The van der Waals surface area contributed by atoms with Crippen molar-refractivity contribution in [3.63, 3.8) is 0 Å². The molecule has 0 heterocycles. The van der Waals surface area contributed by atoms with Gasteiger partial charge < -0.3 is 14.2 Å². The Morgan fingerprint density at radius 3 is 0.733 bits per heavy atom.